The third-order valence-electron chi connectivity index (χ3n) is 2.55. The molecule has 0 aliphatic carbocycles. The van der Waals surface area contributed by atoms with E-state index < -0.39 is 0 Å². The molecule has 2 aromatic rings. The molecule has 0 saturated heterocycles. The van der Waals surface area contributed by atoms with Crippen LogP contribution in [0.2, 0.25) is 0 Å². The van der Waals surface area contributed by atoms with Crippen molar-refractivity contribution in [1.29, 1.82) is 0 Å². The zero-order chi connectivity index (χ0) is 12.4. The van der Waals surface area contributed by atoms with Crippen molar-refractivity contribution in [3.63, 3.8) is 0 Å². The van der Waals surface area contributed by atoms with Gasteiger partial charge < -0.3 is 10.3 Å². The van der Waals surface area contributed by atoms with E-state index in [0.29, 0.717) is 17.5 Å². The van der Waals surface area contributed by atoms with Gasteiger partial charge in [-0.3, -0.25) is 0 Å². The number of nitrogens with two attached hydrogens (primary N) is 1. The molecule has 0 atom stereocenters. The summed E-state index contributed by atoms with van der Waals surface area (Å²) in [6, 6.07) is 6.16. The van der Waals surface area contributed by atoms with Gasteiger partial charge in [0.25, 0.3) is 0 Å². The Morgan fingerprint density at radius 2 is 1.94 bits per heavy atom. The van der Waals surface area contributed by atoms with E-state index in [1.807, 2.05) is 0 Å². The predicted molar refractivity (Wildman–Crippen MR) is 64.9 cm³/mol. The average Bonchev–Trinajstić information content (AvgIpc) is 2.61. The minimum absolute atomic E-state index is 0.268. The van der Waals surface area contributed by atoms with Crippen molar-refractivity contribution in [2.24, 2.45) is 5.92 Å². The number of rotatable bonds is 3. The Kier molecular flexibility index (Phi) is 3.13. The monoisotopic (exact) mass is 234 g/mol. The number of nitrogen functional groups attached to an aromatic ring is 1. The summed E-state index contributed by atoms with van der Waals surface area (Å²) in [4.78, 5) is 0. The van der Waals surface area contributed by atoms with E-state index in [2.05, 4.69) is 19.0 Å². The van der Waals surface area contributed by atoms with E-state index in [-0.39, 0.29) is 5.82 Å². The molecule has 0 aliphatic rings. The molecule has 1 heterocycles. The van der Waals surface area contributed by atoms with Gasteiger partial charge in [-0.1, -0.05) is 19.0 Å². The minimum Gasteiger partial charge on any atom is -0.367 e. The van der Waals surface area contributed by atoms with Crippen molar-refractivity contribution in [3.8, 4) is 11.3 Å². The van der Waals surface area contributed by atoms with Gasteiger partial charge in [-0.2, -0.15) is 0 Å². The fraction of sp³-hybridized carbons (Fsp3) is 0.308. The zero-order valence-electron chi connectivity index (χ0n) is 9.90. The maximum Gasteiger partial charge on any atom is 0.225 e. The molecule has 0 unspecified atom stereocenters. The van der Waals surface area contributed by atoms with Crippen LogP contribution in [0.25, 0.3) is 11.3 Å². The zero-order valence-corrected chi connectivity index (χ0v) is 9.90. The van der Waals surface area contributed by atoms with Crippen LogP contribution >= 0.6 is 0 Å². The summed E-state index contributed by atoms with van der Waals surface area (Å²) in [6.07, 6.45) is 0.794. The molecule has 1 aromatic heterocycles. The molecule has 17 heavy (non-hydrogen) atoms. The van der Waals surface area contributed by atoms with Gasteiger partial charge in [-0.15, -0.1) is 0 Å². The molecule has 2 N–H and O–H groups in total. The molecule has 4 heteroatoms. The number of anilines is 1. The van der Waals surface area contributed by atoms with Gasteiger partial charge in [-0.25, -0.2) is 4.39 Å². The van der Waals surface area contributed by atoms with Crippen LogP contribution in [0.3, 0.4) is 0 Å². The molecule has 3 nitrogen and oxygen atoms in total. The van der Waals surface area contributed by atoms with E-state index in [9.17, 15) is 4.39 Å². The lowest BCUT2D eigenvalue weighted by Crippen LogP contribution is -1.98. The van der Waals surface area contributed by atoms with Crippen LogP contribution in [0.5, 0.6) is 0 Å². The number of halogens is 1. The molecule has 1 aromatic carbocycles. The van der Waals surface area contributed by atoms with Crippen molar-refractivity contribution in [3.05, 3.63) is 35.6 Å². The molecule has 0 bridgehead atoms. The third kappa shape index (κ3) is 2.46. The van der Waals surface area contributed by atoms with Crippen LogP contribution in [-0.2, 0) is 6.42 Å². The average molecular weight is 234 g/mol. The lowest BCUT2D eigenvalue weighted by atomic mass is 9.99. The van der Waals surface area contributed by atoms with Gasteiger partial charge >= 0.3 is 0 Å². The first-order valence-electron chi connectivity index (χ1n) is 5.58. The van der Waals surface area contributed by atoms with Crippen LogP contribution in [0, 0.1) is 11.7 Å². The van der Waals surface area contributed by atoms with Crippen molar-refractivity contribution in [1.82, 2.24) is 5.16 Å². The highest BCUT2D eigenvalue weighted by molar-refractivity contribution is 5.66. The topological polar surface area (TPSA) is 52.0 Å². The second kappa shape index (κ2) is 4.57. The molecular formula is C13H15FN2O. The summed E-state index contributed by atoms with van der Waals surface area (Å²) in [6.45, 7) is 4.20. The fourth-order valence-corrected chi connectivity index (χ4v) is 1.76. The Bertz CT molecular complexity index is 503. The summed E-state index contributed by atoms with van der Waals surface area (Å²) < 4.78 is 17.9. The van der Waals surface area contributed by atoms with E-state index in [0.717, 1.165) is 17.5 Å². The van der Waals surface area contributed by atoms with Gasteiger partial charge in [0, 0.05) is 11.1 Å². The Morgan fingerprint density at radius 3 is 2.53 bits per heavy atom. The van der Waals surface area contributed by atoms with Crippen LogP contribution in [0.4, 0.5) is 10.3 Å². The molecular weight excluding hydrogens is 219 g/mol. The Hall–Kier alpha value is -1.84. The van der Waals surface area contributed by atoms with Gasteiger partial charge in [0.05, 0.1) is 0 Å². The van der Waals surface area contributed by atoms with Crippen LogP contribution in [0.15, 0.2) is 28.8 Å². The van der Waals surface area contributed by atoms with Gasteiger partial charge in [0.15, 0.2) is 0 Å². The summed E-state index contributed by atoms with van der Waals surface area (Å²) in [7, 11) is 0. The van der Waals surface area contributed by atoms with E-state index in [1.165, 1.54) is 12.1 Å². The quantitative estimate of drug-likeness (QED) is 0.886. The van der Waals surface area contributed by atoms with Gasteiger partial charge in [0.1, 0.15) is 11.5 Å². The highest BCUT2D eigenvalue weighted by Crippen LogP contribution is 2.29. The second-order valence-electron chi connectivity index (χ2n) is 4.48. The van der Waals surface area contributed by atoms with Crippen molar-refractivity contribution in [2.45, 2.75) is 20.3 Å². The molecule has 2 rings (SSSR count). The molecule has 0 spiro atoms. The third-order valence-corrected chi connectivity index (χ3v) is 2.55. The standard InChI is InChI=1S/C13H15FN2O/c1-8(2)7-11-12(16-17-13(11)15)9-3-5-10(14)6-4-9/h3-6,8H,7,15H2,1-2H3. The number of hydrogen-bond donors (Lipinski definition) is 1. The molecule has 90 valence electrons. The molecule has 0 radical (unpaired) electrons. The number of nitrogens with zero attached hydrogens (tertiary/aromatic N) is 1. The molecule has 0 amide bonds. The van der Waals surface area contributed by atoms with Crippen molar-refractivity contribution >= 4 is 5.88 Å². The van der Waals surface area contributed by atoms with Crippen LogP contribution < -0.4 is 5.73 Å². The van der Waals surface area contributed by atoms with Crippen molar-refractivity contribution < 1.29 is 8.91 Å². The minimum atomic E-state index is -0.268. The summed E-state index contributed by atoms with van der Waals surface area (Å²) in [5.41, 5.74) is 8.18. The van der Waals surface area contributed by atoms with Crippen molar-refractivity contribution in [2.75, 3.05) is 5.73 Å². The lowest BCUT2D eigenvalue weighted by Gasteiger charge is -2.05. The first kappa shape index (κ1) is 11.6. The Labute approximate surface area is 99.4 Å². The molecule has 0 fully saturated rings. The second-order valence-corrected chi connectivity index (χ2v) is 4.48. The van der Waals surface area contributed by atoms with E-state index >= 15 is 0 Å². The fourth-order valence-electron chi connectivity index (χ4n) is 1.76. The lowest BCUT2D eigenvalue weighted by molar-refractivity contribution is 0.438. The first-order valence-corrected chi connectivity index (χ1v) is 5.58. The largest absolute Gasteiger partial charge is 0.367 e. The Balaban J connectivity index is 2.41. The van der Waals surface area contributed by atoms with E-state index in [4.69, 9.17) is 10.3 Å². The van der Waals surface area contributed by atoms with Crippen LogP contribution in [-0.4, -0.2) is 5.16 Å². The van der Waals surface area contributed by atoms with Gasteiger partial charge in [0.2, 0.25) is 5.88 Å². The number of hydrogen-bond acceptors (Lipinski definition) is 3. The van der Waals surface area contributed by atoms with E-state index in [1.54, 1.807) is 12.1 Å². The van der Waals surface area contributed by atoms with Gasteiger partial charge in [-0.05, 0) is 36.6 Å². The number of benzene rings is 1. The smallest absolute Gasteiger partial charge is 0.225 e. The normalized spacial score (nSPS) is 11.1. The SMILES string of the molecule is CC(C)Cc1c(-c2ccc(F)cc2)noc1N. The predicted octanol–water partition coefficient (Wildman–Crippen LogP) is 3.26. The highest BCUT2D eigenvalue weighted by Gasteiger charge is 2.16. The maximum absolute atomic E-state index is 12.8. The molecule has 0 saturated carbocycles. The summed E-state index contributed by atoms with van der Waals surface area (Å²) >= 11 is 0. The summed E-state index contributed by atoms with van der Waals surface area (Å²) in [5.74, 6) is 0.532. The summed E-state index contributed by atoms with van der Waals surface area (Å²) in [5, 5.41) is 3.95. The molecule has 0 aliphatic heterocycles. The Morgan fingerprint density at radius 1 is 1.29 bits per heavy atom. The maximum atomic E-state index is 12.8. The number of aromatic nitrogens is 1. The highest BCUT2D eigenvalue weighted by atomic mass is 19.1. The van der Waals surface area contributed by atoms with Crippen LogP contribution in [0.1, 0.15) is 19.4 Å². The first-order chi connectivity index (χ1) is 8.08.